The molecule has 2 heteroatoms. The number of ether oxygens (including phenoxy) is 1. The average Bonchev–Trinajstić information content (AvgIpc) is 2.42. The van der Waals surface area contributed by atoms with Crippen LogP contribution in [-0.4, -0.2) is 11.7 Å². The third kappa shape index (κ3) is 2.86. The number of aryl methyl sites for hydroxylation is 2. The first-order valence-corrected chi connectivity index (χ1v) is 6.98. The fourth-order valence-corrected chi connectivity index (χ4v) is 2.27. The van der Waals surface area contributed by atoms with E-state index in [1.54, 1.807) is 0 Å². The second-order valence-electron chi connectivity index (χ2n) is 5.33. The second kappa shape index (κ2) is 5.68. The van der Waals surface area contributed by atoms with Crippen LogP contribution in [0.25, 0.3) is 0 Å². The molecule has 20 heavy (non-hydrogen) atoms. The summed E-state index contributed by atoms with van der Waals surface area (Å²) < 4.78 is 5.51. The van der Waals surface area contributed by atoms with Gasteiger partial charge in [-0.2, -0.15) is 0 Å². The molecule has 0 radical (unpaired) electrons. The molecule has 0 bridgehead atoms. The zero-order valence-corrected chi connectivity index (χ0v) is 12.6. The lowest BCUT2D eigenvalue weighted by atomic mass is 9.86. The number of rotatable bonds is 4. The molecule has 0 saturated carbocycles. The van der Waals surface area contributed by atoms with E-state index in [-0.39, 0.29) is 0 Å². The van der Waals surface area contributed by atoms with Gasteiger partial charge in [0.1, 0.15) is 11.4 Å². The summed E-state index contributed by atoms with van der Waals surface area (Å²) in [5.74, 6) is 0.786. The summed E-state index contributed by atoms with van der Waals surface area (Å²) in [6.45, 7) is 8.53. The molecule has 0 heterocycles. The molecule has 2 rings (SSSR count). The zero-order valence-electron chi connectivity index (χ0n) is 12.6. The lowest BCUT2D eigenvalue weighted by Gasteiger charge is -2.25. The van der Waals surface area contributed by atoms with E-state index in [4.69, 9.17) is 4.74 Å². The van der Waals surface area contributed by atoms with Gasteiger partial charge in [-0.25, -0.2) is 0 Å². The first-order chi connectivity index (χ1) is 9.45. The Kier molecular flexibility index (Phi) is 4.15. The normalized spacial score (nSPS) is 13.8. The van der Waals surface area contributed by atoms with E-state index in [2.05, 4.69) is 13.8 Å². The third-order valence-electron chi connectivity index (χ3n) is 3.78. The Morgan fingerprint density at radius 3 is 2.35 bits per heavy atom. The fraction of sp³-hybridized carbons (Fsp3) is 0.333. The van der Waals surface area contributed by atoms with Gasteiger partial charge in [-0.1, -0.05) is 30.3 Å². The highest BCUT2D eigenvalue weighted by atomic mass is 16.5. The molecule has 0 spiro atoms. The van der Waals surface area contributed by atoms with Gasteiger partial charge in [-0.3, -0.25) is 0 Å². The molecule has 1 unspecified atom stereocenters. The molecule has 0 aliphatic carbocycles. The SMILES string of the molecule is CCOc1cccc(C(C)(O)c2ccc(C)c(C)c2)c1. The van der Waals surface area contributed by atoms with Gasteiger partial charge in [0.25, 0.3) is 0 Å². The van der Waals surface area contributed by atoms with Gasteiger partial charge in [-0.05, 0) is 62.1 Å². The van der Waals surface area contributed by atoms with Crippen LogP contribution in [0.4, 0.5) is 0 Å². The minimum atomic E-state index is -1.02. The monoisotopic (exact) mass is 270 g/mol. The molecule has 0 aliphatic rings. The van der Waals surface area contributed by atoms with Gasteiger partial charge in [0.2, 0.25) is 0 Å². The predicted octanol–water partition coefficient (Wildman–Crippen LogP) is 3.96. The van der Waals surface area contributed by atoms with E-state index < -0.39 is 5.60 Å². The summed E-state index contributed by atoms with van der Waals surface area (Å²) in [6.07, 6.45) is 0. The van der Waals surface area contributed by atoms with Crippen LogP contribution in [0, 0.1) is 13.8 Å². The smallest absolute Gasteiger partial charge is 0.119 e. The van der Waals surface area contributed by atoms with Crippen LogP contribution >= 0.6 is 0 Å². The molecule has 0 saturated heterocycles. The number of aliphatic hydroxyl groups is 1. The second-order valence-corrected chi connectivity index (χ2v) is 5.33. The Bertz CT molecular complexity index is 600. The minimum absolute atomic E-state index is 0.620. The minimum Gasteiger partial charge on any atom is -0.494 e. The zero-order chi connectivity index (χ0) is 14.8. The van der Waals surface area contributed by atoms with Crippen LogP contribution in [0.3, 0.4) is 0 Å². The standard InChI is InChI=1S/C18H22O2/c1-5-20-17-8-6-7-15(12-17)18(4,19)16-10-9-13(2)14(3)11-16/h6-12,19H,5H2,1-4H3. The maximum absolute atomic E-state index is 10.9. The number of hydrogen-bond acceptors (Lipinski definition) is 2. The van der Waals surface area contributed by atoms with Crippen molar-refractivity contribution in [3.63, 3.8) is 0 Å². The lowest BCUT2D eigenvalue weighted by molar-refractivity contribution is 0.102. The molecule has 2 aromatic carbocycles. The van der Waals surface area contributed by atoms with Gasteiger partial charge in [0.15, 0.2) is 0 Å². The van der Waals surface area contributed by atoms with E-state index in [1.807, 2.05) is 56.3 Å². The van der Waals surface area contributed by atoms with Crippen molar-refractivity contribution >= 4 is 0 Å². The van der Waals surface area contributed by atoms with E-state index in [0.29, 0.717) is 6.61 Å². The molecule has 2 nitrogen and oxygen atoms in total. The van der Waals surface area contributed by atoms with Crippen molar-refractivity contribution in [2.24, 2.45) is 0 Å². The van der Waals surface area contributed by atoms with Crippen molar-refractivity contribution in [2.75, 3.05) is 6.61 Å². The Hall–Kier alpha value is -1.80. The van der Waals surface area contributed by atoms with Gasteiger partial charge in [-0.15, -0.1) is 0 Å². The maximum Gasteiger partial charge on any atom is 0.119 e. The molecule has 106 valence electrons. The van der Waals surface area contributed by atoms with Crippen molar-refractivity contribution < 1.29 is 9.84 Å². The Balaban J connectivity index is 2.42. The molecular weight excluding hydrogens is 248 g/mol. The summed E-state index contributed by atoms with van der Waals surface area (Å²) in [5.41, 5.74) is 3.13. The molecule has 0 aromatic heterocycles. The van der Waals surface area contributed by atoms with Crippen LogP contribution < -0.4 is 4.74 Å². The molecule has 1 atom stereocenters. The number of benzene rings is 2. The summed E-state index contributed by atoms with van der Waals surface area (Å²) >= 11 is 0. The van der Waals surface area contributed by atoms with Gasteiger partial charge >= 0.3 is 0 Å². The molecule has 1 N–H and O–H groups in total. The molecule has 0 aliphatic heterocycles. The highest BCUT2D eigenvalue weighted by Gasteiger charge is 2.26. The van der Waals surface area contributed by atoms with Crippen molar-refractivity contribution in [3.8, 4) is 5.75 Å². The van der Waals surface area contributed by atoms with Crippen LogP contribution in [-0.2, 0) is 5.60 Å². The van der Waals surface area contributed by atoms with Crippen molar-refractivity contribution in [1.29, 1.82) is 0 Å². The Morgan fingerprint density at radius 1 is 1.00 bits per heavy atom. The van der Waals surface area contributed by atoms with E-state index in [0.717, 1.165) is 16.9 Å². The highest BCUT2D eigenvalue weighted by molar-refractivity contribution is 5.42. The maximum atomic E-state index is 10.9. The first kappa shape index (κ1) is 14.6. The third-order valence-corrected chi connectivity index (χ3v) is 3.78. The average molecular weight is 270 g/mol. The largest absolute Gasteiger partial charge is 0.494 e. The van der Waals surface area contributed by atoms with Crippen LogP contribution in [0.2, 0.25) is 0 Å². The molecule has 2 aromatic rings. The van der Waals surface area contributed by atoms with E-state index >= 15 is 0 Å². The fourth-order valence-electron chi connectivity index (χ4n) is 2.27. The van der Waals surface area contributed by atoms with Crippen molar-refractivity contribution in [3.05, 3.63) is 64.7 Å². The first-order valence-electron chi connectivity index (χ1n) is 6.98. The predicted molar refractivity (Wildman–Crippen MR) is 82.2 cm³/mol. The summed E-state index contributed by atoms with van der Waals surface area (Å²) in [7, 11) is 0. The molecular formula is C18H22O2. The topological polar surface area (TPSA) is 29.5 Å². The van der Waals surface area contributed by atoms with Crippen LogP contribution in [0.1, 0.15) is 36.1 Å². The molecule has 0 fully saturated rings. The van der Waals surface area contributed by atoms with Gasteiger partial charge < -0.3 is 9.84 Å². The Morgan fingerprint density at radius 2 is 1.70 bits per heavy atom. The van der Waals surface area contributed by atoms with Gasteiger partial charge in [0.05, 0.1) is 6.61 Å². The van der Waals surface area contributed by atoms with Crippen molar-refractivity contribution in [1.82, 2.24) is 0 Å². The highest BCUT2D eigenvalue weighted by Crippen LogP contribution is 2.32. The summed E-state index contributed by atoms with van der Waals surface area (Å²) in [6, 6.07) is 13.7. The summed E-state index contributed by atoms with van der Waals surface area (Å²) in [5, 5.41) is 10.9. The summed E-state index contributed by atoms with van der Waals surface area (Å²) in [4.78, 5) is 0. The van der Waals surface area contributed by atoms with Crippen LogP contribution in [0.5, 0.6) is 5.75 Å². The number of hydrogen-bond donors (Lipinski definition) is 1. The lowest BCUT2D eigenvalue weighted by Crippen LogP contribution is -2.23. The van der Waals surface area contributed by atoms with Gasteiger partial charge in [0, 0.05) is 0 Å². The molecule has 0 amide bonds. The quantitative estimate of drug-likeness (QED) is 0.911. The van der Waals surface area contributed by atoms with Crippen LogP contribution in [0.15, 0.2) is 42.5 Å². The van der Waals surface area contributed by atoms with Crippen molar-refractivity contribution in [2.45, 2.75) is 33.3 Å². The van der Waals surface area contributed by atoms with E-state index in [1.165, 1.54) is 11.1 Å². The van der Waals surface area contributed by atoms with E-state index in [9.17, 15) is 5.11 Å². The Labute approximate surface area is 121 Å².